The predicted octanol–water partition coefficient (Wildman–Crippen LogP) is 2.98. The highest BCUT2D eigenvalue weighted by molar-refractivity contribution is 4.78. The first-order chi connectivity index (χ1) is 3.77. The average Bonchev–Trinajstić information content (AvgIpc) is 2.17. The van der Waals surface area contributed by atoms with E-state index in [0.29, 0.717) is 0 Å². The third-order valence-corrected chi connectivity index (χ3v) is 2.66. The molecule has 0 radical (unpaired) electrons. The topological polar surface area (TPSA) is 0 Å². The normalized spacial score (nSPS) is 26.2. The largest absolute Gasteiger partial charge is 0.0649 e. The van der Waals surface area contributed by atoms with E-state index in [-0.39, 0.29) is 0 Å². The van der Waals surface area contributed by atoms with Gasteiger partial charge in [-0.2, -0.15) is 0 Å². The first-order valence-electron chi connectivity index (χ1n) is 3.77. The Morgan fingerprint density at radius 2 is 1.75 bits per heavy atom. The zero-order chi connectivity index (χ0) is 6.04. The van der Waals surface area contributed by atoms with E-state index in [9.17, 15) is 0 Å². The summed E-state index contributed by atoms with van der Waals surface area (Å²) in [4.78, 5) is 0. The minimum Gasteiger partial charge on any atom is -0.0649 e. The van der Waals surface area contributed by atoms with Crippen molar-refractivity contribution in [2.24, 2.45) is 5.41 Å². The van der Waals surface area contributed by atoms with Gasteiger partial charge in [-0.1, -0.05) is 33.1 Å². The van der Waals surface area contributed by atoms with Gasteiger partial charge in [0.25, 0.3) is 0 Å². The van der Waals surface area contributed by atoms with Crippen LogP contribution >= 0.6 is 0 Å². The van der Waals surface area contributed by atoms with Crippen molar-refractivity contribution in [3.8, 4) is 0 Å². The van der Waals surface area contributed by atoms with Gasteiger partial charge in [-0.05, 0) is 18.3 Å². The Morgan fingerprint density at radius 3 is 2.00 bits per heavy atom. The van der Waals surface area contributed by atoms with E-state index in [1.165, 1.54) is 32.1 Å². The summed E-state index contributed by atoms with van der Waals surface area (Å²) < 4.78 is 0. The van der Waals surface area contributed by atoms with E-state index in [1.54, 1.807) is 0 Å². The van der Waals surface area contributed by atoms with Gasteiger partial charge >= 0.3 is 0 Å². The van der Waals surface area contributed by atoms with E-state index in [0.717, 1.165) is 5.41 Å². The molecule has 0 aromatic rings. The molecule has 0 nitrogen and oxygen atoms in total. The number of hydrogen-bond donors (Lipinski definition) is 0. The average molecular weight is 112 g/mol. The van der Waals surface area contributed by atoms with Crippen molar-refractivity contribution < 1.29 is 0 Å². The Hall–Kier alpha value is 0. The van der Waals surface area contributed by atoms with Gasteiger partial charge in [0.05, 0.1) is 0 Å². The van der Waals surface area contributed by atoms with Crippen LogP contribution in [0.25, 0.3) is 0 Å². The molecule has 1 aliphatic rings. The highest BCUT2D eigenvalue weighted by atomic mass is 14.3. The Labute approximate surface area is 52.3 Å². The van der Waals surface area contributed by atoms with Crippen LogP contribution in [0.5, 0.6) is 0 Å². The van der Waals surface area contributed by atoms with Crippen molar-refractivity contribution in [2.75, 3.05) is 0 Å². The van der Waals surface area contributed by atoms with Crippen LogP contribution in [-0.4, -0.2) is 0 Å². The van der Waals surface area contributed by atoms with Gasteiger partial charge in [-0.3, -0.25) is 0 Å². The lowest BCUT2D eigenvalue weighted by Gasteiger charge is -2.19. The molecule has 0 heterocycles. The van der Waals surface area contributed by atoms with Crippen LogP contribution in [0.2, 0.25) is 0 Å². The van der Waals surface area contributed by atoms with Gasteiger partial charge in [-0.25, -0.2) is 0 Å². The van der Waals surface area contributed by atoms with Crippen LogP contribution in [0.15, 0.2) is 0 Å². The Morgan fingerprint density at radius 1 is 1.25 bits per heavy atom. The Kier molecular flexibility index (Phi) is 1.59. The molecule has 0 aromatic heterocycles. The highest BCUT2D eigenvalue weighted by Gasteiger charge is 2.25. The lowest BCUT2D eigenvalue weighted by molar-refractivity contribution is 0.323. The molecule has 0 N–H and O–H groups in total. The second kappa shape index (κ2) is 2.08. The fraction of sp³-hybridized carbons (Fsp3) is 1.00. The first-order valence-corrected chi connectivity index (χ1v) is 3.77. The van der Waals surface area contributed by atoms with Crippen LogP contribution in [-0.2, 0) is 0 Å². The SMILES string of the molecule is CCC1(C)CCCC1. The molecule has 0 unspecified atom stereocenters. The van der Waals surface area contributed by atoms with Gasteiger partial charge in [0.15, 0.2) is 0 Å². The summed E-state index contributed by atoms with van der Waals surface area (Å²) >= 11 is 0. The second-order valence-electron chi connectivity index (χ2n) is 3.37. The molecule has 0 bridgehead atoms. The Balaban J connectivity index is 2.40. The highest BCUT2D eigenvalue weighted by Crippen LogP contribution is 2.39. The minimum absolute atomic E-state index is 0.736. The standard InChI is InChI=1S/C8H16/c1-3-8(2)6-4-5-7-8/h3-7H2,1-2H3. The maximum atomic E-state index is 2.42. The molecule has 0 spiro atoms. The third-order valence-electron chi connectivity index (χ3n) is 2.66. The zero-order valence-electron chi connectivity index (χ0n) is 6.04. The van der Waals surface area contributed by atoms with Crippen molar-refractivity contribution in [2.45, 2.75) is 46.0 Å². The molecule has 0 atom stereocenters. The molecule has 1 rings (SSSR count). The lowest BCUT2D eigenvalue weighted by Crippen LogP contribution is -2.07. The molecule has 0 amide bonds. The number of rotatable bonds is 1. The van der Waals surface area contributed by atoms with Crippen molar-refractivity contribution >= 4 is 0 Å². The fourth-order valence-corrected chi connectivity index (χ4v) is 1.58. The molecule has 0 saturated heterocycles. The summed E-state index contributed by atoms with van der Waals surface area (Å²) in [7, 11) is 0. The van der Waals surface area contributed by atoms with E-state index in [1.807, 2.05) is 0 Å². The molecular weight excluding hydrogens is 96.1 g/mol. The van der Waals surface area contributed by atoms with E-state index in [2.05, 4.69) is 13.8 Å². The van der Waals surface area contributed by atoms with Crippen LogP contribution in [0.1, 0.15) is 46.0 Å². The van der Waals surface area contributed by atoms with E-state index >= 15 is 0 Å². The first kappa shape index (κ1) is 6.12. The van der Waals surface area contributed by atoms with Crippen LogP contribution < -0.4 is 0 Å². The molecule has 1 fully saturated rings. The van der Waals surface area contributed by atoms with E-state index < -0.39 is 0 Å². The minimum atomic E-state index is 0.736. The summed E-state index contributed by atoms with van der Waals surface area (Å²) in [6.07, 6.45) is 7.29. The van der Waals surface area contributed by atoms with Gasteiger partial charge < -0.3 is 0 Å². The Bertz CT molecular complexity index is 68.1. The summed E-state index contributed by atoms with van der Waals surface area (Å²) in [5.41, 5.74) is 0.736. The second-order valence-corrected chi connectivity index (χ2v) is 3.37. The van der Waals surface area contributed by atoms with Crippen molar-refractivity contribution in [1.82, 2.24) is 0 Å². The molecule has 1 aliphatic carbocycles. The van der Waals surface area contributed by atoms with Gasteiger partial charge in [0.2, 0.25) is 0 Å². The monoisotopic (exact) mass is 112 g/mol. The third kappa shape index (κ3) is 1.04. The van der Waals surface area contributed by atoms with Crippen LogP contribution in [0, 0.1) is 5.41 Å². The molecule has 48 valence electrons. The zero-order valence-corrected chi connectivity index (χ0v) is 6.04. The van der Waals surface area contributed by atoms with Gasteiger partial charge in [0.1, 0.15) is 0 Å². The predicted molar refractivity (Wildman–Crippen MR) is 36.9 cm³/mol. The van der Waals surface area contributed by atoms with E-state index in [4.69, 9.17) is 0 Å². The van der Waals surface area contributed by atoms with Gasteiger partial charge in [0, 0.05) is 0 Å². The van der Waals surface area contributed by atoms with Crippen molar-refractivity contribution in [3.05, 3.63) is 0 Å². The fourth-order valence-electron chi connectivity index (χ4n) is 1.58. The van der Waals surface area contributed by atoms with Crippen LogP contribution in [0.3, 0.4) is 0 Å². The summed E-state index contributed by atoms with van der Waals surface area (Å²) in [6, 6.07) is 0. The summed E-state index contributed by atoms with van der Waals surface area (Å²) in [5.74, 6) is 0. The molecule has 0 aromatic carbocycles. The van der Waals surface area contributed by atoms with Crippen molar-refractivity contribution in [3.63, 3.8) is 0 Å². The van der Waals surface area contributed by atoms with Crippen molar-refractivity contribution in [1.29, 1.82) is 0 Å². The summed E-state index contributed by atoms with van der Waals surface area (Å²) in [5, 5.41) is 0. The van der Waals surface area contributed by atoms with Gasteiger partial charge in [-0.15, -0.1) is 0 Å². The summed E-state index contributed by atoms with van der Waals surface area (Å²) in [6.45, 7) is 4.73. The molecule has 8 heavy (non-hydrogen) atoms. The maximum absolute atomic E-state index is 2.42. The van der Waals surface area contributed by atoms with Crippen LogP contribution in [0.4, 0.5) is 0 Å². The lowest BCUT2D eigenvalue weighted by atomic mass is 9.86. The smallest absolute Gasteiger partial charge is 0.0328 e. The molecule has 0 aliphatic heterocycles. The molecule has 0 heteroatoms. The molecular formula is C8H16. The number of hydrogen-bond acceptors (Lipinski definition) is 0. The quantitative estimate of drug-likeness (QED) is 0.489. The maximum Gasteiger partial charge on any atom is -0.0328 e. The molecule has 1 saturated carbocycles.